The summed E-state index contributed by atoms with van der Waals surface area (Å²) in [6.07, 6.45) is 0. The van der Waals surface area contributed by atoms with E-state index in [4.69, 9.17) is 5.73 Å². The van der Waals surface area contributed by atoms with Crippen LogP contribution in [-0.4, -0.2) is 0 Å². The highest BCUT2D eigenvalue weighted by molar-refractivity contribution is 5.76. The molecule has 2 nitrogen and oxygen atoms in total. The van der Waals surface area contributed by atoms with Gasteiger partial charge in [0.05, 0.1) is 0 Å². The summed E-state index contributed by atoms with van der Waals surface area (Å²) in [6.45, 7) is 0. The zero-order chi connectivity index (χ0) is 13.8. The molecule has 0 aliphatic carbocycles. The summed E-state index contributed by atoms with van der Waals surface area (Å²) in [5.74, 6) is 0. The zero-order valence-corrected chi connectivity index (χ0v) is 11.1. The van der Waals surface area contributed by atoms with Crippen LogP contribution in [0.25, 0.3) is 0 Å². The maximum atomic E-state index is 5.79. The third kappa shape index (κ3) is 2.50. The lowest BCUT2D eigenvalue weighted by Crippen LogP contribution is -2.09. The van der Waals surface area contributed by atoms with Crippen molar-refractivity contribution in [2.75, 3.05) is 10.6 Å². The Labute approximate surface area is 119 Å². The van der Waals surface area contributed by atoms with Crippen LogP contribution in [-0.2, 0) is 0 Å². The van der Waals surface area contributed by atoms with Gasteiger partial charge in [0.2, 0.25) is 0 Å². The van der Waals surface area contributed by atoms with Crippen LogP contribution in [0.4, 0.5) is 22.7 Å². The second-order valence-corrected chi connectivity index (χ2v) is 4.60. The molecule has 0 atom stereocenters. The molecular formula is C18H16N2. The summed E-state index contributed by atoms with van der Waals surface area (Å²) in [7, 11) is 0. The van der Waals surface area contributed by atoms with Gasteiger partial charge in [0.25, 0.3) is 0 Å². The first kappa shape index (κ1) is 12.3. The Bertz CT molecular complexity index is 621. The molecule has 0 aromatic heterocycles. The molecule has 0 heterocycles. The molecule has 0 unspecified atom stereocenters. The predicted molar refractivity (Wildman–Crippen MR) is 85.5 cm³/mol. The Hall–Kier alpha value is -2.74. The van der Waals surface area contributed by atoms with Crippen molar-refractivity contribution < 1.29 is 0 Å². The van der Waals surface area contributed by atoms with Gasteiger partial charge in [0.15, 0.2) is 0 Å². The summed E-state index contributed by atoms with van der Waals surface area (Å²) >= 11 is 0. The largest absolute Gasteiger partial charge is 0.399 e. The van der Waals surface area contributed by atoms with Gasteiger partial charge in [-0.2, -0.15) is 0 Å². The average molecular weight is 260 g/mol. The van der Waals surface area contributed by atoms with Crippen molar-refractivity contribution >= 4 is 22.7 Å². The average Bonchev–Trinajstić information content (AvgIpc) is 2.52. The normalized spacial score (nSPS) is 10.2. The molecule has 2 heteroatoms. The van der Waals surface area contributed by atoms with E-state index >= 15 is 0 Å². The highest BCUT2D eigenvalue weighted by atomic mass is 15.1. The smallest absolute Gasteiger partial charge is 0.0463 e. The molecule has 3 aromatic rings. The lowest BCUT2D eigenvalue weighted by atomic mass is 10.2. The van der Waals surface area contributed by atoms with E-state index in [1.807, 2.05) is 60.7 Å². The maximum Gasteiger partial charge on any atom is 0.0463 e. The Morgan fingerprint density at radius 2 is 0.900 bits per heavy atom. The molecule has 0 aliphatic heterocycles. The second-order valence-electron chi connectivity index (χ2n) is 4.60. The molecule has 0 spiro atoms. The van der Waals surface area contributed by atoms with E-state index in [0.29, 0.717) is 0 Å². The molecular weight excluding hydrogens is 244 g/mol. The van der Waals surface area contributed by atoms with E-state index in [0.717, 1.165) is 22.7 Å². The highest BCUT2D eigenvalue weighted by Gasteiger charge is 2.10. The minimum atomic E-state index is 0.773. The highest BCUT2D eigenvalue weighted by Crippen LogP contribution is 2.34. The number of rotatable bonds is 3. The monoisotopic (exact) mass is 260 g/mol. The van der Waals surface area contributed by atoms with Gasteiger partial charge in [-0.3, -0.25) is 0 Å². The van der Waals surface area contributed by atoms with E-state index in [9.17, 15) is 0 Å². The van der Waals surface area contributed by atoms with Crippen LogP contribution in [0.3, 0.4) is 0 Å². The number of nitrogen functional groups attached to an aromatic ring is 1. The first-order chi connectivity index (χ1) is 9.84. The van der Waals surface area contributed by atoms with Gasteiger partial charge in [-0.1, -0.05) is 36.4 Å². The molecule has 2 N–H and O–H groups in total. The minimum Gasteiger partial charge on any atom is -0.399 e. The Morgan fingerprint density at radius 1 is 0.500 bits per heavy atom. The molecule has 0 saturated heterocycles. The Kier molecular flexibility index (Phi) is 3.38. The van der Waals surface area contributed by atoms with Crippen molar-refractivity contribution in [1.82, 2.24) is 0 Å². The minimum absolute atomic E-state index is 0.773. The number of nitrogens with zero attached hydrogens (tertiary/aromatic N) is 1. The van der Waals surface area contributed by atoms with Gasteiger partial charge in [0.1, 0.15) is 0 Å². The first-order valence-electron chi connectivity index (χ1n) is 6.60. The van der Waals surface area contributed by atoms with Crippen molar-refractivity contribution in [3.8, 4) is 0 Å². The Morgan fingerprint density at radius 3 is 1.35 bits per heavy atom. The fraction of sp³-hybridized carbons (Fsp3) is 0. The van der Waals surface area contributed by atoms with Crippen LogP contribution >= 0.6 is 0 Å². The molecule has 0 aliphatic rings. The lowest BCUT2D eigenvalue weighted by Gasteiger charge is -2.25. The molecule has 0 amide bonds. The quantitative estimate of drug-likeness (QED) is 0.689. The first-order valence-corrected chi connectivity index (χ1v) is 6.60. The molecule has 98 valence electrons. The fourth-order valence-corrected chi connectivity index (χ4v) is 2.22. The van der Waals surface area contributed by atoms with Crippen molar-refractivity contribution in [3.63, 3.8) is 0 Å². The van der Waals surface area contributed by atoms with E-state index < -0.39 is 0 Å². The molecule has 0 saturated carbocycles. The van der Waals surface area contributed by atoms with Gasteiger partial charge in [-0.05, 0) is 48.5 Å². The van der Waals surface area contributed by atoms with Gasteiger partial charge in [0, 0.05) is 22.7 Å². The van der Waals surface area contributed by atoms with Crippen molar-refractivity contribution in [3.05, 3.63) is 84.9 Å². The number of hydrogen-bond donors (Lipinski definition) is 1. The number of nitrogens with two attached hydrogens (primary N) is 1. The third-order valence-corrected chi connectivity index (χ3v) is 3.18. The van der Waals surface area contributed by atoms with Crippen LogP contribution in [0.1, 0.15) is 0 Å². The summed E-state index contributed by atoms with van der Waals surface area (Å²) < 4.78 is 0. The van der Waals surface area contributed by atoms with Gasteiger partial charge in [-0.15, -0.1) is 0 Å². The van der Waals surface area contributed by atoms with Crippen LogP contribution in [0.15, 0.2) is 84.9 Å². The van der Waals surface area contributed by atoms with E-state index in [1.54, 1.807) is 0 Å². The van der Waals surface area contributed by atoms with E-state index in [1.165, 1.54) is 0 Å². The molecule has 0 radical (unpaired) electrons. The molecule has 0 bridgehead atoms. The Balaban J connectivity index is 2.11. The SMILES string of the molecule is Nc1ccc(N(c2ccccc2)c2ccccc2)cc1. The number of benzene rings is 3. The molecule has 3 aromatic carbocycles. The number of anilines is 4. The van der Waals surface area contributed by atoms with Crippen molar-refractivity contribution in [1.29, 1.82) is 0 Å². The van der Waals surface area contributed by atoms with Crippen LogP contribution in [0.5, 0.6) is 0 Å². The van der Waals surface area contributed by atoms with Gasteiger partial charge < -0.3 is 10.6 Å². The standard InChI is InChI=1S/C18H16N2/c19-15-11-13-18(14-12-15)20(16-7-3-1-4-8-16)17-9-5-2-6-10-17/h1-14H,19H2. The van der Waals surface area contributed by atoms with Gasteiger partial charge in [-0.25, -0.2) is 0 Å². The summed E-state index contributed by atoms with van der Waals surface area (Å²) in [5, 5.41) is 0. The maximum absolute atomic E-state index is 5.79. The summed E-state index contributed by atoms with van der Waals surface area (Å²) in [4.78, 5) is 2.21. The third-order valence-electron chi connectivity index (χ3n) is 3.18. The summed E-state index contributed by atoms with van der Waals surface area (Å²) in [5.41, 5.74) is 9.91. The fourth-order valence-electron chi connectivity index (χ4n) is 2.22. The molecule has 0 fully saturated rings. The van der Waals surface area contributed by atoms with Crippen molar-refractivity contribution in [2.45, 2.75) is 0 Å². The number of para-hydroxylation sites is 2. The van der Waals surface area contributed by atoms with E-state index in [2.05, 4.69) is 29.2 Å². The molecule has 3 rings (SSSR count). The second kappa shape index (κ2) is 5.49. The van der Waals surface area contributed by atoms with Crippen LogP contribution in [0.2, 0.25) is 0 Å². The lowest BCUT2D eigenvalue weighted by molar-refractivity contribution is 1.28. The summed E-state index contributed by atoms with van der Waals surface area (Å²) in [6, 6.07) is 28.5. The van der Waals surface area contributed by atoms with Gasteiger partial charge >= 0.3 is 0 Å². The van der Waals surface area contributed by atoms with E-state index in [-0.39, 0.29) is 0 Å². The zero-order valence-electron chi connectivity index (χ0n) is 11.1. The predicted octanol–water partition coefficient (Wildman–Crippen LogP) is 4.74. The van der Waals surface area contributed by atoms with Crippen molar-refractivity contribution in [2.24, 2.45) is 0 Å². The number of hydrogen-bond acceptors (Lipinski definition) is 2. The molecule has 20 heavy (non-hydrogen) atoms. The van der Waals surface area contributed by atoms with Crippen LogP contribution < -0.4 is 10.6 Å². The topological polar surface area (TPSA) is 29.3 Å². The van der Waals surface area contributed by atoms with Crippen LogP contribution in [0, 0.1) is 0 Å².